The van der Waals surface area contributed by atoms with Gasteiger partial charge in [-0.15, -0.1) is 0 Å². The van der Waals surface area contributed by atoms with Gasteiger partial charge in [0.15, 0.2) is 0 Å². The van der Waals surface area contributed by atoms with Crippen LogP contribution in [0.2, 0.25) is 0 Å². The molecule has 0 bridgehead atoms. The van der Waals surface area contributed by atoms with Crippen LogP contribution < -0.4 is 11.1 Å². The molecule has 1 amide bonds. The molecule has 3 N–H and O–H groups in total. The summed E-state index contributed by atoms with van der Waals surface area (Å²) in [4.78, 5) is 21.2. The summed E-state index contributed by atoms with van der Waals surface area (Å²) in [5.41, 5.74) is 4.90. The molecule has 0 unspecified atom stereocenters. The molecule has 0 saturated heterocycles. The van der Waals surface area contributed by atoms with Crippen LogP contribution in [-0.2, 0) is 4.79 Å². The molecule has 1 atom stereocenters. The van der Waals surface area contributed by atoms with E-state index in [4.69, 9.17) is 5.73 Å². The van der Waals surface area contributed by atoms with Gasteiger partial charge in [0, 0.05) is 12.1 Å². The number of nitrogens with zero attached hydrogens (tertiary/aromatic N) is 1. The highest BCUT2D eigenvalue weighted by Gasteiger charge is 2.16. The predicted molar refractivity (Wildman–Crippen MR) is 60.0 cm³/mol. The average Bonchev–Trinajstić information content (AvgIpc) is 2.30. The molecule has 0 aliphatic carbocycles. The second kappa shape index (κ2) is 5.35. The highest BCUT2D eigenvalue weighted by atomic mass is 19.1. The summed E-state index contributed by atoms with van der Waals surface area (Å²) >= 11 is 0. The molecule has 0 spiro atoms. The number of carbonyl (C=O) groups excluding carboxylic acids is 1. The van der Waals surface area contributed by atoms with E-state index in [2.05, 4.69) is 5.32 Å². The summed E-state index contributed by atoms with van der Waals surface area (Å²) < 4.78 is 13.3. The maximum Gasteiger partial charge on any atom is 0.271 e. The minimum Gasteiger partial charge on any atom is -0.322 e. The van der Waals surface area contributed by atoms with Crippen LogP contribution in [-0.4, -0.2) is 16.9 Å². The van der Waals surface area contributed by atoms with E-state index in [-0.39, 0.29) is 11.4 Å². The van der Waals surface area contributed by atoms with Gasteiger partial charge in [0.25, 0.3) is 5.69 Å². The third-order valence-electron chi connectivity index (χ3n) is 2.20. The summed E-state index contributed by atoms with van der Waals surface area (Å²) in [5, 5.41) is 12.7. The van der Waals surface area contributed by atoms with Crippen LogP contribution in [0.4, 0.5) is 15.8 Å². The number of nitro benzene ring substituents is 1. The van der Waals surface area contributed by atoms with Gasteiger partial charge in [0.1, 0.15) is 5.82 Å². The first-order valence-corrected chi connectivity index (χ1v) is 4.96. The minimum atomic E-state index is -0.770. The summed E-state index contributed by atoms with van der Waals surface area (Å²) in [6.07, 6.45) is 0.391. The largest absolute Gasteiger partial charge is 0.322 e. The van der Waals surface area contributed by atoms with Crippen LogP contribution in [0.25, 0.3) is 0 Å². The van der Waals surface area contributed by atoms with Crippen molar-refractivity contribution in [2.24, 2.45) is 5.73 Å². The molecular weight excluding hydrogens is 229 g/mol. The first kappa shape index (κ1) is 13.0. The van der Waals surface area contributed by atoms with Crippen molar-refractivity contribution in [3.63, 3.8) is 0 Å². The number of anilines is 1. The van der Waals surface area contributed by atoms with Gasteiger partial charge in [-0.1, -0.05) is 6.92 Å². The molecule has 1 aromatic rings. The molecule has 1 rings (SSSR count). The van der Waals surface area contributed by atoms with Gasteiger partial charge in [-0.25, -0.2) is 4.39 Å². The summed E-state index contributed by atoms with van der Waals surface area (Å²) in [6.45, 7) is 1.70. The number of rotatable bonds is 4. The molecule has 0 radical (unpaired) electrons. The van der Waals surface area contributed by atoms with Crippen molar-refractivity contribution >= 4 is 17.3 Å². The zero-order chi connectivity index (χ0) is 13.0. The molecule has 0 aromatic heterocycles. The van der Waals surface area contributed by atoms with Crippen LogP contribution in [0, 0.1) is 15.9 Å². The number of carbonyl (C=O) groups is 1. The summed E-state index contributed by atoms with van der Waals surface area (Å²) in [5.74, 6) is -1.32. The number of nitro groups is 1. The predicted octanol–water partition coefficient (Wildman–Crippen LogP) is 1.41. The highest BCUT2D eigenvalue weighted by molar-refractivity contribution is 5.94. The second-order valence-electron chi connectivity index (χ2n) is 3.43. The lowest BCUT2D eigenvalue weighted by molar-refractivity contribution is -0.384. The van der Waals surface area contributed by atoms with Crippen LogP contribution in [0.15, 0.2) is 18.2 Å². The lowest BCUT2D eigenvalue weighted by Crippen LogP contribution is -2.35. The Morgan fingerprint density at radius 1 is 1.65 bits per heavy atom. The van der Waals surface area contributed by atoms with E-state index in [9.17, 15) is 19.3 Å². The van der Waals surface area contributed by atoms with E-state index in [1.807, 2.05) is 0 Å². The number of hydrogen-bond donors (Lipinski definition) is 2. The van der Waals surface area contributed by atoms with Gasteiger partial charge in [0.05, 0.1) is 16.7 Å². The van der Waals surface area contributed by atoms with Gasteiger partial charge >= 0.3 is 0 Å². The van der Waals surface area contributed by atoms with Gasteiger partial charge in [0.2, 0.25) is 5.91 Å². The molecule has 1 aromatic carbocycles. The Labute approximate surface area is 96.8 Å². The quantitative estimate of drug-likeness (QED) is 0.615. The van der Waals surface area contributed by atoms with E-state index in [1.54, 1.807) is 6.92 Å². The molecule has 0 saturated carbocycles. The van der Waals surface area contributed by atoms with Gasteiger partial charge < -0.3 is 11.1 Å². The Balaban J connectivity index is 2.94. The first-order chi connectivity index (χ1) is 7.95. The molecule has 0 aliphatic rings. The van der Waals surface area contributed by atoms with Crippen LogP contribution in [0.5, 0.6) is 0 Å². The van der Waals surface area contributed by atoms with Crippen LogP contribution >= 0.6 is 0 Å². The van der Waals surface area contributed by atoms with Crippen molar-refractivity contribution in [1.29, 1.82) is 0 Å². The van der Waals surface area contributed by atoms with Crippen molar-refractivity contribution in [1.82, 2.24) is 0 Å². The van der Waals surface area contributed by atoms with Crippen molar-refractivity contribution in [2.75, 3.05) is 5.32 Å². The van der Waals surface area contributed by atoms with Gasteiger partial charge in [-0.05, 0) is 12.5 Å². The number of hydrogen-bond acceptors (Lipinski definition) is 4. The first-order valence-electron chi connectivity index (χ1n) is 4.96. The maximum atomic E-state index is 13.3. The fourth-order valence-electron chi connectivity index (χ4n) is 1.13. The van der Waals surface area contributed by atoms with E-state index in [1.165, 1.54) is 0 Å². The molecule has 0 fully saturated rings. The molecule has 0 aliphatic heterocycles. The molecule has 17 heavy (non-hydrogen) atoms. The summed E-state index contributed by atoms with van der Waals surface area (Å²) in [7, 11) is 0. The molecule has 7 heteroatoms. The number of non-ortho nitro benzene ring substituents is 1. The number of halogens is 1. The van der Waals surface area contributed by atoms with Crippen molar-refractivity contribution in [3.8, 4) is 0 Å². The highest BCUT2D eigenvalue weighted by Crippen LogP contribution is 2.21. The topological polar surface area (TPSA) is 98.3 Å². The molecule has 92 valence electrons. The SMILES string of the molecule is CC[C@H](N)C(=O)Nc1cc([N+](=O)[O-])ccc1F. The monoisotopic (exact) mass is 241 g/mol. The standard InChI is InChI=1S/C10H12FN3O3/c1-2-8(12)10(15)13-9-5-6(14(16)17)3-4-7(9)11/h3-5,8H,2,12H2,1H3,(H,13,15)/t8-/m0/s1. The van der Waals surface area contributed by atoms with Gasteiger partial charge in [-0.2, -0.15) is 0 Å². The number of amides is 1. The Kier molecular flexibility index (Phi) is 4.11. The van der Waals surface area contributed by atoms with Gasteiger partial charge in [-0.3, -0.25) is 14.9 Å². The Morgan fingerprint density at radius 3 is 2.82 bits per heavy atom. The number of nitrogens with one attached hydrogen (secondary N) is 1. The molecule has 6 nitrogen and oxygen atoms in total. The number of benzene rings is 1. The minimum absolute atomic E-state index is 0.242. The summed E-state index contributed by atoms with van der Waals surface area (Å²) in [6, 6.07) is 2.12. The lowest BCUT2D eigenvalue weighted by atomic mass is 10.2. The Bertz CT molecular complexity index is 450. The third kappa shape index (κ3) is 3.22. The third-order valence-corrected chi connectivity index (χ3v) is 2.20. The van der Waals surface area contributed by atoms with Crippen molar-refractivity contribution in [3.05, 3.63) is 34.1 Å². The number of nitrogens with two attached hydrogens (primary N) is 1. The van der Waals surface area contributed by atoms with E-state index in [0.717, 1.165) is 18.2 Å². The van der Waals surface area contributed by atoms with Crippen LogP contribution in [0.3, 0.4) is 0 Å². The second-order valence-corrected chi connectivity index (χ2v) is 3.43. The van der Waals surface area contributed by atoms with E-state index < -0.39 is 22.7 Å². The zero-order valence-electron chi connectivity index (χ0n) is 9.14. The zero-order valence-corrected chi connectivity index (χ0v) is 9.14. The maximum absolute atomic E-state index is 13.3. The Morgan fingerprint density at radius 2 is 2.29 bits per heavy atom. The van der Waals surface area contributed by atoms with E-state index in [0.29, 0.717) is 6.42 Å². The Hall–Kier alpha value is -2.02. The molecule has 0 heterocycles. The normalized spacial score (nSPS) is 11.9. The van der Waals surface area contributed by atoms with Crippen LogP contribution in [0.1, 0.15) is 13.3 Å². The van der Waals surface area contributed by atoms with E-state index >= 15 is 0 Å². The average molecular weight is 241 g/mol. The molecular formula is C10H12FN3O3. The smallest absolute Gasteiger partial charge is 0.271 e. The lowest BCUT2D eigenvalue weighted by Gasteiger charge is -2.10. The fraction of sp³-hybridized carbons (Fsp3) is 0.300. The van der Waals surface area contributed by atoms with Crippen molar-refractivity contribution < 1.29 is 14.1 Å². The fourth-order valence-corrected chi connectivity index (χ4v) is 1.13. The van der Waals surface area contributed by atoms with Crippen molar-refractivity contribution in [2.45, 2.75) is 19.4 Å².